The van der Waals surface area contributed by atoms with E-state index in [1.54, 1.807) is 0 Å². The fourth-order valence-electron chi connectivity index (χ4n) is 2.55. The highest BCUT2D eigenvalue weighted by Gasteiger charge is 2.27. The van der Waals surface area contributed by atoms with E-state index in [-0.39, 0.29) is 5.91 Å². The van der Waals surface area contributed by atoms with Crippen molar-refractivity contribution in [3.8, 4) is 0 Å². The van der Waals surface area contributed by atoms with Gasteiger partial charge in [-0.2, -0.15) is 0 Å². The van der Waals surface area contributed by atoms with Gasteiger partial charge in [0.2, 0.25) is 5.91 Å². The largest absolute Gasteiger partial charge is 0.355 e. The molecule has 0 saturated heterocycles. The predicted octanol–water partition coefficient (Wildman–Crippen LogP) is 1.54. The number of amides is 1. The Labute approximate surface area is 93.0 Å². The number of carbonyl (C=O) groups is 1. The fraction of sp³-hybridized carbons (Fsp3) is 0.917. The molecule has 2 unspecified atom stereocenters. The molecule has 1 rings (SSSR count). The van der Waals surface area contributed by atoms with E-state index < -0.39 is 0 Å². The number of nitrogens with one attached hydrogen (secondary N) is 2. The lowest BCUT2D eigenvalue weighted by Gasteiger charge is -2.35. The zero-order chi connectivity index (χ0) is 11.3. The summed E-state index contributed by atoms with van der Waals surface area (Å²) >= 11 is 0. The molecular weight excluding hydrogens is 188 g/mol. The van der Waals surface area contributed by atoms with Crippen molar-refractivity contribution in [2.45, 2.75) is 46.1 Å². The van der Waals surface area contributed by atoms with Gasteiger partial charge in [-0.05, 0) is 31.6 Å². The summed E-state index contributed by atoms with van der Waals surface area (Å²) in [7, 11) is 0. The van der Waals surface area contributed by atoms with Crippen molar-refractivity contribution >= 4 is 5.91 Å². The first-order valence-corrected chi connectivity index (χ1v) is 6.15. The molecule has 1 aliphatic rings. The topological polar surface area (TPSA) is 41.1 Å². The van der Waals surface area contributed by atoms with Crippen molar-refractivity contribution in [3.05, 3.63) is 0 Å². The Morgan fingerprint density at radius 2 is 1.87 bits per heavy atom. The van der Waals surface area contributed by atoms with Gasteiger partial charge >= 0.3 is 0 Å². The predicted molar refractivity (Wildman–Crippen MR) is 62.7 cm³/mol. The summed E-state index contributed by atoms with van der Waals surface area (Å²) < 4.78 is 0. The third-order valence-corrected chi connectivity index (χ3v) is 3.42. The van der Waals surface area contributed by atoms with Crippen molar-refractivity contribution in [1.82, 2.24) is 10.6 Å². The number of hydrogen-bond acceptors (Lipinski definition) is 2. The molecular formula is C12H24N2O. The van der Waals surface area contributed by atoms with E-state index in [2.05, 4.69) is 24.5 Å². The normalized spacial score (nSPS) is 31.3. The summed E-state index contributed by atoms with van der Waals surface area (Å²) in [4.78, 5) is 11.3. The van der Waals surface area contributed by atoms with Gasteiger partial charge in [0.05, 0.1) is 6.54 Å². The van der Waals surface area contributed by atoms with Crippen LogP contribution in [0.2, 0.25) is 0 Å². The molecule has 3 heteroatoms. The molecule has 1 amide bonds. The third kappa shape index (κ3) is 3.82. The van der Waals surface area contributed by atoms with Gasteiger partial charge in [0.15, 0.2) is 0 Å². The molecule has 3 nitrogen and oxygen atoms in total. The van der Waals surface area contributed by atoms with E-state index in [9.17, 15) is 4.79 Å². The van der Waals surface area contributed by atoms with Crippen LogP contribution in [0.3, 0.4) is 0 Å². The second-order valence-corrected chi connectivity index (χ2v) is 4.75. The molecule has 15 heavy (non-hydrogen) atoms. The minimum atomic E-state index is 0.113. The van der Waals surface area contributed by atoms with E-state index in [0.717, 1.165) is 6.54 Å². The zero-order valence-electron chi connectivity index (χ0n) is 10.2. The molecule has 0 aliphatic heterocycles. The number of likely N-dealkylation sites (N-methyl/N-ethyl adjacent to an activating group) is 1. The maximum Gasteiger partial charge on any atom is 0.233 e. The van der Waals surface area contributed by atoms with Crippen molar-refractivity contribution in [3.63, 3.8) is 0 Å². The first-order valence-electron chi connectivity index (χ1n) is 6.15. The number of carbonyl (C=O) groups excluding carboxylic acids is 1. The average Bonchev–Trinajstić information content (AvgIpc) is 2.17. The van der Waals surface area contributed by atoms with Crippen LogP contribution in [0.15, 0.2) is 0 Å². The molecule has 1 fully saturated rings. The Morgan fingerprint density at radius 1 is 1.27 bits per heavy atom. The summed E-state index contributed by atoms with van der Waals surface area (Å²) in [6, 6.07) is 0.515. The second kappa shape index (κ2) is 6.11. The van der Waals surface area contributed by atoms with Gasteiger partial charge in [-0.15, -0.1) is 0 Å². The standard InChI is InChI=1S/C12H24N2O/c1-4-13-11(15)8-14-12-9(2)6-5-7-10(12)3/h9-10,12,14H,4-8H2,1-3H3,(H,13,15). The Bertz CT molecular complexity index is 196. The van der Waals surface area contributed by atoms with Crippen LogP contribution in [0.25, 0.3) is 0 Å². The van der Waals surface area contributed by atoms with Crippen LogP contribution < -0.4 is 10.6 Å². The molecule has 2 N–H and O–H groups in total. The van der Waals surface area contributed by atoms with Gasteiger partial charge in [0.25, 0.3) is 0 Å². The van der Waals surface area contributed by atoms with Gasteiger partial charge in [-0.3, -0.25) is 4.79 Å². The van der Waals surface area contributed by atoms with Crippen LogP contribution >= 0.6 is 0 Å². The van der Waals surface area contributed by atoms with E-state index in [4.69, 9.17) is 0 Å². The molecule has 88 valence electrons. The molecule has 0 spiro atoms. The molecule has 0 aromatic rings. The van der Waals surface area contributed by atoms with Crippen molar-refractivity contribution < 1.29 is 4.79 Å². The summed E-state index contributed by atoms with van der Waals surface area (Å²) in [6.07, 6.45) is 3.91. The van der Waals surface area contributed by atoms with Gasteiger partial charge in [-0.25, -0.2) is 0 Å². The Kier molecular flexibility index (Phi) is 5.09. The van der Waals surface area contributed by atoms with E-state index in [1.165, 1.54) is 19.3 Å². The first-order chi connectivity index (χ1) is 7.15. The summed E-state index contributed by atoms with van der Waals surface area (Å²) in [5.41, 5.74) is 0. The lowest BCUT2D eigenvalue weighted by Crippen LogP contribution is -2.46. The van der Waals surface area contributed by atoms with Crippen LogP contribution in [-0.2, 0) is 4.79 Å². The summed E-state index contributed by atoms with van der Waals surface area (Å²) in [5, 5.41) is 6.21. The minimum absolute atomic E-state index is 0.113. The van der Waals surface area contributed by atoms with Crippen LogP contribution in [0.4, 0.5) is 0 Å². The molecule has 0 aromatic carbocycles. The van der Waals surface area contributed by atoms with E-state index >= 15 is 0 Å². The lowest BCUT2D eigenvalue weighted by atomic mass is 9.79. The van der Waals surface area contributed by atoms with Crippen molar-refractivity contribution in [2.75, 3.05) is 13.1 Å². The van der Waals surface area contributed by atoms with Gasteiger partial charge in [0, 0.05) is 12.6 Å². The van der Waals surface area contributed by atoms with Gasteiger partial charge in [-0.1, -0.05) is 20.3 Å². The molecule has 0 aromatic heterocycles. The molecule has 1 aliphatic carbocycles. The fourth-order valence-corrected chi connectivity index (χ4v) is 2.55. The maximum atomic E-state index is 11.3. The summed E-state index contributed by atoms with van der Waals surface area (Å²) in [5.74, 6) is 1.51. The number of rotatable bonds is 4. The van der Waals surface area contributed by atoms with Gasteiger partial charge in [0.1, 0.15) is 0 Å². The van der Waals surface area contributed by atoms with Crippen LogP contribution in [0, 0.1) is 11.8 Å². The maximum absolute atomic E-state index is 11.3. The van der Waals surface area contributed by atoms with Crippen LogP contribution in [-0.4, -0.2) is 25.0 Å². The Hall–Kier alpha value is -0.570. The van der Waals surface area contributed by atoms with Crippen molar-refractivity contribution in [2.24, 2.45) is 11.8 Å². The highest BCUT2D eigenvalue weighted by Crippen LogP contribution is 2.28. The molecule has 1 saturated carbocycles. The van der Waals surface area contributed by atoms with E-state index in [0.29, 0.717) is 24.4 Å². The molecule has 0 bridgehead atoms. The molecule has 0 heterocycles. The minimum Gasteiger partial charge on any atom is -0.355 e. The smallest absolute Gasteiger partial charge is 0.233 e. The molecule has 0 radical (unpaired) electrons. The van der Waals surface area contributed by atoms with Gasteiger partial charge < -0.3 is 10.6 Å². The SMILES string of the molecule is CCNC(=O)CNC1C(C)CCCC1C. The van der Waals surface area contributed by atoms with Crippen LogP contribution in [0.1, 0.15) is 40.0 Å². The highest BCUT2D eigenvalue weighted by atomic mass is 16.1. The zero-order valence-corrected chi connectivity index (χ0v) is 10.2. The van der Waals surface area contributed by atoms with E-state index in [1.807, 2.05) is 6.92 Å². The van der Waals surface area contributed by atoms with Crippen LogP contribution in [0.5, 0.6) is 0 Å². The highest BCUT2D eigenvalue weighted by molar-refractivity contribution is 5.77. The lowest BCUT2D eigenvalue weighted by molar-refractivity contribution is -0.120. The molecule has 2 atom stereocenters. The Balaban J connectivity index is 2.32. The first kappa shape index (κ1) is 12.5. The number of hydrogen-bond donors (Lipinski definition) is 2. The van der Waals surface area contributed by atoms with Crippen molar-refractivity contribution in [1.29, 1.82) is 0 Å². The quantitative estimate of drug-likeness (QED) is 0.742. The monoisotopic (exact) mass is 212 g/mol. The Morgan fingerprint density at radius 3 is 2.40 bits per heavy atom. The summed E-state index contributed by atoms with van der Waals surface area (Å²) in [6.45, 7) is 7.70. The third-order valence-electron chi connectivity index (χ3n) is 3.42. The average molecular weight is 212 g/mol. The second-order valence-electron chi connectivity index (χ2n) is 4.75.